The van der Waals surface area contributed by atoms with Crippen LogP contribution in [0.15, 0.2) is 53.1 Å². The predicted octanol–water partition coefficient (Wildman–Crippen LogP) is 3.96. The zero-order valence-corrected chi connectivity index (χ0v) is 14.7. The van der Waals surface area contributed by atoms with E-state index >= 15 is 0 Å². The predicted molar refractivity (Wildman–Crippen MR) is 95.2 cm³/mol. The van der Waals surface area contributed by atoms with E-state index in [-0.39, 0.29) is 17.8 Å². The van der Waals surface area contributed by atoms with Gasteiger partial charge in [0.05, 0.1) is 12.0 Å². The van der Waals surface area contributed by atoms with E-state index in [0.29, 0.717) is 17.9 Å². The monoisotopic (exact) mass is 388 g/mol. The maximum Gasteiger partial charge on any atom is 0.416 e. The van der Waals surface area contributed by atoms with Crippen molar-refractivity contribution in [2.24, 2.45) is 5.73 Å². The molecule has 0 aliphatic heterocycles. The lowest BCUT2D eigenvalue weighted by Gasteiger charge is -2.10. The summed E-state index contributed by atoms with van der Waals surface area (Å²) in [4.78, 5) is 15.8. The fraction of sp³-hybridized carbons (Fsp3) is 0.200. The summed E-state index contributed by atoms with van der Waals surface area (Å²) in [5, 5.41) is 3.82. The number of primary amides is 1. The number of rotatable bonds is 7. The number of carbonyl (C=O) groups is 1. The van der Waals surface area contributed by atoms with Crippen LogP contribution in [0.2, 0.25) is 0 Å². The molecule has 5 nitrogen and oxygen atoms in total. The zero-order chi connectivity index (χ0) is 20.1. The van der Waals surface area contributed by atoms with Gasteiger partial charge in [0.2, 0.25) is 11.8 Å². The molecule has 0 unspecified atom stereocenters. The van der Waals surface area contributed by atoms with Crippen LogP contribution < -0.4 is 5.73 Å². The Labute approximate surface area is 159 Å². The van der Waals surface area contributed by atoms with E-state index in [1.807, 2.05) is 30.3 Å². The first-order valence-corrected chi connectivity index (χ1v) is 8.52. The van der Waals surface area contributed by atoms with Gasteiger partial charge in [-0.1, -0.05) is 41.6 Å². The van der Waals surface area contributed by atoms with E-state index in [9.17, 15) is 18.0 Å². The Morgan fingerprint density at radius 3 is 2.57 bits per heavy atom. The molecule has 1 aromatic heterocycles. The third-order valence-electron chi connectivity index (χ3n) is 4.13. The van der Waals surface area contributed by atoms with Gasteiger partial charge in [0, 0.05) is 12.0 Å². The molecular formula is C20H17F3N3O2. The summed E-state index contributed by atoms with van der Waals surface area (Å²) < 4.78 is 43.7. The van der Waals surface area contributed by atoms with Gasteiger partial charge in [0.25, 0.3) is 0 Å². The quantitative estimate of drug-likeness (QED) is 0.664. The van der Waals surface area contributed by atoms with E-state index in [1.54, 1.807) is 6.42 Å². The van der Waals surface area contributed by atoms with Crippen molar-refractivity contribution >= 4 is 5.91 Å². The number of benzene rings is 2. The van der Waals surface area contributed by atoms with Crippen LogP contribution in [0.3, 0.4) is 0 Å². The minimum absolute atomic E-state index is 0.0342. The second kappa shape index (κ2) is 8.24. The molecule has 0 aliphatic rings. The van der Waals surface area contributed by atoms with Gasteiger partial charge < -0.3 is 10.3 Å². The van der Waals surface area contributed by atoms with Crippen LogP contribution in [0.5, 0.6) is 0 Å². The van der Waals surface area contributed by atoms with Crippen molar-refractivity contribution in [1.29, 1.82) is 0 Å². The van der Waals surface area contributed by atoms with Crippen molar-refractivity contribution in [2.45, 2.75) is 25.4 Å². The molecular weight excluding hydrogens is 371 g/mol. The topological polar surface area (TPSA) is 82.0 Å². The fourth-order valence-corrected chi connectivity index (χ4v) is 2.74. The SMILES string of the molecule is NC(=O)c1cc(C(F)(F)F)ccc1Cc1noc([CH]CCc2ccccc2)n1. The van der Waals surface area contributed by atoms with Crippen molar-refractivity contribution in [2.75, 3.05) is 0 Å². The summed E-state index contributed by atoms with van der Waals surface area (Å²) in [5.74, 6) is -0.370. The van der Waals surface area contributed by atoms with Crippen molar-refractivity contribution in [3.8, 4) is 0 Å². The van der Waals surface area contributed by atoms with Crippen LogP contribution in [-0.4, -0.2) is 16.0 Å². The van der Waals surface area contributed by atoms with Crippen LogP contribution in [0.4, 0.5) is 13.2 Å². The van der Waals surface area contributed by atoms with Crippen LogP contribution in [-0.2, 0) is 19.0 Å². The number of hydrogen-bond donors (Lipinski definition) is 1. The number of halogens is 3. The summed E-state index contributed by atoms with van der Waals surface area (Å²) >= 11 is 0. The smallest absolute Gasteiger partial charge is 0.366 e. The highest BCUT2D eigenvalue weighted by Gasteiger charge is 2.31. The normalized spacial score (nSPS) is 11.5. The molecule has 1 heterocycles. The second-order valence-electron chi connectivity index (χ2n) is 6.19. The Balaban J connectivity index is 1.66. The van der Waals surface area contributed by atoms with Crippen LogP contribution >= 0.6 is 0 Å². The van der Waals surface area contributed by atoms with Gasteiger partial charge >= 0.3 is 6.18 Å². The standard InChI is InChI=1S/C20H17F3N3O2/c21-20(22,23)15-10-9-14(16(12-15)19(24)27)11-17-25-18(28-26-17)8-4-7-13-5-2-1-3-6-13/h1-3,5-6,8-10,12H,4,7,11H2,(H2,24,27). The number of hydrogen-bond acceptors (Lipinski definition) is 4. The molecule has 3 aromatic rings. The van der Waals surface area contributed by atoms with E-state index in [4.69, 9.17) is 10.3 Å². The molecule has 2 aromatic carbocycles. The highest BCUT2D eigenvalue weighted by atomic mass is 19.4. The first kappa shape index (κ1) is 19.6. The number of nitrogens with zero attached hydrogens (tertiary/aromatic N) is 2. The molecule has 0 bridgehead atoms. The molecule has 0 saturated heterocycles. The Hall–Kier alpha value is -3.16. The molecule has 3 rings (SSSR count). The van der Waals surface area contributed by atoms with E-state index in [2.05, 4.69) is 10.1 Å². The van der Waals surface area contributed by atoms with Crippen molar-refractivity contribution < 1.29 is 22.5 Å². The van der Waals surface area contributed by atoms with E-state index < -0.39 is 17.6 Å². The molecule has 1 radical (unpaired) electrons. The number of nitrogens with two attached hydrogens (primary N) is 1. The summed E-state index contributed by atoms with van der Waals surface area (Å²) in [6.45, 7) is 0. The van der Waals surface area contributed by atoms with Gasteiger partial charge in [-0.25, -0.2) is 0 Å². The zero-order valence-electron chi connectivity index (χ0n) is 14.7. The van der Waals surface area contributed by atoms with E-state index in [1.165, 1.54) is 11.6 Å². The molecule has 0 fully saturated rings. The Kier molecular flexibility index (Phi) is 5.77. The molecule has 1 amide bonds. The molecule has 28 heavy (non-hydrogen) atoms. The van der Waals surface area contributed by atoms with Crippen LogP contribution in [0, 0.1) is 6.42 Å². The first-order chi connectivity index (χ1) is 13.3. The number of alkyl halides is 3. The van der Waals surface area contributed by atoms with Crippen molar-refractivity contribution in [3.05, 3.63) is 88.9 Å². The van der Waals surface area contributed by atoms with Gasteiger partial charge in [-0.3, -0.25) is 4.79 Å². The second-order valence-corrected chi connectivity index (χ2v) is 6.19. The number of amides is 1. The number of aromatic nitrogens is 2. The Bertz CT molecular complexity index is 953. The van der Waals surface area contributed by atoms with Crippen LogP contribution in [0.1, 0.15) is 45.2 Å². The summed E-state index contributed by atoms with van der Waals surface area (Å²) in [7, 11) is 0. The minimum atomic E-state index is -4.56. The largest absolute Gasteiger partial charge is 0.416 e. The van der Waals surface area contributed by atoms with Crippen LogP contribution in [0.25, 0.3) is 0 Å². The third kappa shape index (κ3) is 4.97. The highest BCUT2D eigenvalue weighted by Crippen LogP contribution is 2.31. The third-order valence-corrected chi connectivity index (χ3v) is 4.13. The summed E-state index contributed by atoms with van der Waals surface area (Å²) in [6, 6.07) is 12.7. The molecule has 0 atom stereocenters. The van der Waals surface area contributed by atoms with Gasteiger partial charge in [-0.05, 0) is 36.1 Å². The lowest BCUT2D eigenvalue weighted by Crippen LogP contribution is -2.16. The first-order valence-electron chi connectivity index (χ1n) is 8.52. The lowest BCUT2D eigenvalue weighted by molar-refractivity contribution is -0.137. The van der Waals surface area contributed by atoms with Crippen molar-refractivity contribution in [1.82, 2.24) is 10.1 Å². The maximum atomic E-state index is 12.8. The summed E-state index contributed by atoms with van der Waals surface area (Å²) in [5.41, 5.74) is 5.56. The Morgan fingerprint density at radius 1 is 1.14 bits per heavy atom. The van der Waals surface area contributed by atoms with Gasteiger partial charge in [0.1, 0.15) is 0 Å². The molecule has 0 spiro atoms. The fourth-order valence-electron chi connectivity index (χ4n) is 2.74. The van der Waals surface area contributed by atoms with Gasteiger partial charge in [-0.2, -0.15) is 18.2 Å². The Morgan fingerprint density at radius 2 is 1.89 bits per heavy atom. The van der Waals surface area contributed by atoms with E-state index in [0.717, 1.165) is 18.6 Å². The number of aryl methyl sites for hydroxylation is 1. The molecule has 8 heteroatoms. The van der Waals surface area contributed by atoms with Crippen molar-refractivity contribution in [3.63, 3.8) is 0 Å². The summed E-state index contributed by atoms with van der Waals surface area (Å²) in [6.07, 6.45) is -1.24. The average molecular weight is 388 g/mol. The van der Waals surface area contributed by atoms with Gasteiger partial charge in [-0.15, -0.1) is 0 Å². The number of carbonyl (C=O) groups excluding carboxylic acids is 1. The molecule has 145 valence electrons. The molecule has 0 saturated carbocycles. The lowest BCUT2D eigenvalue weighted by atomic mass is 10.0. The highest BCUT2D eigenvalue weighted by molar-refractivity contribution is 5.94. The molecule has 0 aliphatic carbocycles. The average Bonchev–Trinajstić information content (AvgIpc) is 3.09. The minimum Gasteiger partial charge on any atom is -0.366 e. The maximum absolute atomic E-state index is 12.8. The molecule has 2 N–H and O–H groups in total. The van der Waals surface area contributed by atoms with Gasteiger partial charge in [0.15, 0.2) is 5.82 Å².